The zero-order valence-corrected chi connectivity index (χ0v) is 20.9. The molecule has 1 saturated heterocycles. The van der Waals surface area contributed by atoms with E-state index in [2.05, 4.69) is 10.6 Å². The first-order valence-corrected chi connectivity index (χ1v) is 13.2. The van der Waals surface area contributed by atoms with E-state index in [0.717, 1.165) is 55.0 Å². The largest absolute Gasteiger partial charge is 0.492 e. The van der Waals surface area contributed by atoms with Crippen LogP contribution in [-0.2, 0) is 14.4 Å². The molecule has 1 aliphatic carbocycles. The van der Waals surface area contributed by atoms with Gasteiger partial charge in [-0.1, -0.05) is 36.4 Å². The SMILES string of the molecule is NC1CCC(CNC(=O)CN2CCCCC(NC(=O)CCOc3cccc4ccccc34)C2=O)CC1. The summed E-state index contributed by atoms with van der Waals surface area (Å²) < 4.78 is 5.87. The van der Waals surface area contributed by atoms with E-state index in [0.29, 0.717) is 25.4 Å². The lowest BCUT2D eigenvalue weighted by Crippen LogP contribution is -2.50. The number of ether oxygens (including phenoxy) is 1. The Morgan fingerprint density at radius 3 is 2.58 bits per heavy atom. The first-order chi connectivity index (χ1) is 17.5. The average molecular weight is 495 g/mol. The number of amides is 3. The van der Waals surface area contributed by atoms with Crippen LogP contribution < -0.4 is 21.1 Å². The van der Waals surface area contributed by atoms with Gasteiger partial charge in [0.1, 0.15) is 11.8 Å². The molecule has 2 aromatic rings. The lowest BCUT2D eigenvalue weighted by molar-refractivity contribution is -0.139. The topological polar surface area (TPSA) is 114 Å². The Bertz CT molecular complexity index is 1050. The van der Waals surface area contributed by atoms with Crippen molar-refractivity contribution in [3.63, 3.8) is 0 Å². The molecular formula is C28H38N4O4. The molecule has 8 heteroatoms. The summed E-state index contributed by atoms with van der Waals surface area (Å²) in [6, 6.07) is 13.5. The molecule has 0 spiro atoms. The molecule has 0 bridgehead atoms. The van der Waals surface area contributed by atoms with Gasteiger partial charge in [-0.2, -0.15) is 0 Å². The van der Waals surface area contributed by atoms with Crippen molar-refractivity contribution in [2.45, 2.75) is 63.5 Å². The van der Waals surface area contributed by atoms with Crippen LogP contribution in [-0.4, -0.2) is 60.9 Å². The van der Waals surface area contributed by atoms with E-state index >= 15 is 0 Å². The highest BCUT2D eigenvalue weighted by atomic mass is 16.5. The molecule has 0 aromatic heterocycles. The highest BCUT2D eigenvalue weighted by Gasteiger charge is 2.29. The quantitative estimate of drug-likeness (QED) is 0.496. The third kappa shape index (κ3) is 7.20. The van der Waals surface area contributed by atoms with Gasteiger partial charge in [0.25, 0.3) is 0 Å². The molecule has 2 aliphatic rings. The fraction of sp³-hybridized carbons (Fsp3) is 0.536. The zero-order chi connectivity index (χ0) is 25.3. The molecular weight excluding hydrogens is 456 g/mol. The van der Waals surface area contributed by atoms with Crippen LogP contribution in [0.1, 0.15) is 51.4 Å². The minimum absolute atomic E-state index is 0.0294. The maximum Gasteiger partial charge on any atom is 0.245 e. The third-order valence-electron chi connectivity index (χ3n) is 7.27. The number of hydrogen-bond donors (Lipinski definition) is 3. The summed E-state index contributed by atoms with van der Waals surface area (Å²) in [5.74, 6) is 0.634. The van der Waals surface area contributed by atoms with E-state index in [1.54, 1.807) is 4.90 Å². The molecule has 194 valence electrons. The van der Waals surface area contributed by atoms with E-state index < -0.39 is 6.04 Å². The smallest absolute Gasteiger partial charge is 0.245 e. The molecule has 8 nitrogen and oxygen atoms in total. The number of carbonyl (C=O) groups excluding carboxylic acids is 3. The summed E-state index contributed by atoms with van der Waals surface area (Å²) in [4.78, 5) is 39.8. The maximum atomic E-state index is 13.1. The number of likely N-dealkylation sites (tertiary alicyclic amines) is 1. The van der Waals surface area contributed by atoms with E-state index in [4.69, 9.17) is 10.5 Å². The summed E-state index contributed by atoms with van der Waals surface area (Å²) in [5.41, 5.74) is 5.96. The van der Waals surface area contributed by atoms with Crippen molar-refractivity contribution < 1.29 is 19.1 Å². The van der Waals surface area contributed by atoms with Crippen LogP contribution in [0.3, 0.4) is 0 Å². The number of fused-ring (bicyclic) bond motifs is 1. The van der Waals surface area contributed by atoms with Crippen LogP contribution in [0.25, 0.3) is 10.8 Å². The van der Waals surface area contributed by atoms with Crippen LogP contribution >= 0.6 is 0 Å². The van der Waals surface area contributed by atoms with Crippen molar-refractivity contribution in [2.24, 2.45) is 11.7 Å². The number of nitrogens with zero attached hydrogens (tertiary/aromatic N) is 1. The summed E-state index contributed by atoms with van der Waals surface area (Å²) in [6.45, 7) is 1.41. The van der Waals surface area contributed by atoms with E-state index in [1.807, 2.05) is 42.5 Å². The molecule has 4 N–H and O–H groups in total. The number of hydrogen-bond acceptors (Lipinski definition) is 5. The minimum Gasteiger partial charge on any atom is -0.492 e. The second-order valence-corrected chi connectivity index (χ2v) is 10.0. The molecule has 2 fully saturated rings. The van der Waals surface area contributed by atoms with E-state index in [-0.39, 0.29) is 43.3 Å². The standard InChI is InChI=1S/C28H38N4O4/c29-22-13-11-20(12-14-22)18-30-27(34)19-32-16-4-3-9-24(28(32)35)31-26(33)15-17-36-25-10-5-7-21-6-1-2-8-23(21)25/h1-2,5-8,10,20,22,24H,3-4,9,11-19,29H2,(H,30,34)(H,31,33). The Kier molecular flexibility index (Phi) is 9.17. The van der Waals surface area contributed by atoms with E-state index in [9.17, 15) is 14.4 Å². The Hall–Kier alpha value is -3.13. The Morgan fingerprint density at radius 2 is 1.75 bits per heavy atom. The van der Waals surface area contributed by atoms with E-state index in [1.165, 1.54) is 0 Å². The molecule has 0 radical (unpaired) electrons. The van der Waals surface area contributed by atoms with Gasteiger partial charge in [0.2, 0.25) is 17.7 Å². The Balaban J connectivity index is 1.22. The van der Waals surface area contributed by atoms with Crippen LogP contribution in [0.5, 0.6) is 5.75 Å². The van der Waals surface area contributed by atoms with Gasteiger partial charge in [0, 0.05) is 24.5 Å². The van der Waals surface area contributed by atoms with Gasteiger partial charge in [0.05, 0.1) is 19.6 Å². The Labute approximate surface area is 212 Å². The molecule has 36 heavy (non-hydrogen) atoms. The molecule has 1 aliphatic heterocycles. The monoisotopic (exact) mass is 494 g/mol. The van der Waals surface area contributed by atoms with Crippen molar-refractivity contribution in [2.75, 3.05) is 26.2 Å². The van der Waals surface area contributed by atoms with Crippen LogP contribution in [0.15, 0.2) is 42.5 Å². The lowest BCUT2D eigenvalue weighted by Gasteiger charge is -2.27. The predicted octanol–water partition coefficient (Wildman–Crippen LogP) is 2.74. The second-order valence-electron chi connectivity index (χ2n) is 10.0. The van der Waals surface area contributed by atoms with Crippen molar-refractivity contribution in [3.05, 3.63) is 42.5 Å². The highest BCUT2D eigenvalue weighted by Crippen LogP contribution is 2.25. The first-order valence-electron chi connectivity index (χ1n) is 13.2. The van der Waals surface area contributed by atoms with Crippen LogP contribution in [0.2, 0.25) is 0 Å². The molecule has 1 saturated carbocycles. The number of rotatable bonds is 9. The maximum absolute atomic E-state index is 13.1. The van der Waals surface area contributed by atoms with Crippen molar-refractivity contribution in [1.82, 2.24) is 15.5 Å². The normalized spacial score (nSPS) is 22.6. The van der Waals surface area contributed by atoms with Crippen LogP contribution in [0.4, 0.5) is 0 Å². The van der Waals surface area contributed by atoms with Gasteiger partial charge < -0.3 is 26.0 Å². The summed E-state index contributed by atoms with van der Waals surface area (Å²) >= 11 is 0. The Morgan fingerprint density at radius 1 is 0.972 bits per heavy atom. The number of nitrogens with two attached hydrogens (primary N) is 1. The predicted molar refractivity (Wildman–Crippen MR) is 139 cm³/mol. The van der Waals surface area contributed by atoms with Gasteiger partial charge >= 0.3 is 0 Å². The average Bonchev–Trinajstić information content (AvgIpc) is 3.05. The lowest BCUT2D eigenvalue weighted by atomic mass is 9.86. The van der Waals surface area contributed by atoms with Gasteiger partial charge in [-0.15, -0.1) is 0 Å². The molecule has 2 aromatic carbocycles. The third-order valence-corrected chi connectivity index (χ3v) is 7.27. The van der Waals surface area contributed by atoms with Crippen LogP contribution in [0, 0.1) is 5.92 Å². The van der Waals surface area contributed by atoms with Crippen molar-refractivity contribution >= 4 is 28.5 Å². The fourth-order valence-electron chi connectivity index (χ4n) is 5.12. The van der Waals surface area contributed by atoms with Gasteiger partial charge in [-0.25, -0.2) is 0 Å². The van der Waals surface area contributed by atoms with Gasteiger partial charge in [-0.05, 0) is 62.3 Å². The minimum atomic E-state index is -0.606. The van der Waals surface area contributed by atoms with Crippen molar-refractivity contribution in [3.8, 4) is 5.75 Å². The molecule has 3 amide bonds. The molecule has 1 heterocycles. The summed E-state index contributed by atoms with van der Waals surface area (Å²) in [7, 11) is 0. The number of carbonyl (C=O) groups is 3. The molecule has 4 rings (SSSR count). The first kappa shape index (κ1) is 25.9. The van der Waals surface area contributed by atoms with Crippen molar-refractivity contribution in [1.29, 1.82) is 0 Å². The molecule has 1 atom stereocenters. The number of nitrogens with one attached hydrogen (secondary N) is 2. The zero-order valence-electron chi connectivity index (χ0n) is 20.9. The van der Waals surface area contributed by atoms with Gasteiger partial charge in [-0.3, -0.25) is 14.4 Å². The fourth-order valence-corrected chi connectivity index (χ4v) is 5.12. The second kappa shape index (κ2) is 12.7. The summed E-state index contributed by atoms with van der Waals surface area (Å²) in [5, 5.41) is 7.94. The summed E-state index contributed by atoms with van der Waals surface area (Å²) in [6.07, 6.45) is 6.43. The molecule has 1 unspecified atom stereocenters. The number of benzene rings is 2. The van der Waals surface area contributed by atoms with Gasteiger partial charge in [0.15, 0.2) is 0 Å². The highest BCUT2D eigenvalue weighted by molar-refractivity contribution is 5.91.